The Balaban J connectivity index is 1.72. The van der Waals surface area contributed by atoms with Crippen LogP contribution in [0.1, 0.15) is 23.0 Å². The molecule has 25 heavy (non-hydrogen) atoms. The van der Waals surface area contributed by atoms with Crippen LogP contribution in [0.5, 0.6) is 5.75 Å². The summed E-state index contributed by atoms with van der Waals surface area (Å²) in [7, 11) is 1.65. The highest BCUT2D eigenvalue weighted by molar-refractivity contribution is 5.94. The Morgan fingerprint density at radius 3 is 2.52 bits per heavy atom. The molecule has 0 radical (unpaired) electrons. The normalized spacial score (nSPS) is 17.5. The third-order valence-electron chi connectivity index (χ3n) is 4.55. The molecule has 1 aliphatic rings. The molecule has 1 fully saturated rings. The van der Waals surface area contributed by atoms with Crippen molar-refractivity contribution in [3.63, 3.8) is 0 Å². The minimum atomic E-state index is -0.243. The number of aromatic nitrogens is 1. The van der Waals surface area contributed by atoms with Gasteiger partial charge in [-0.05, 0) is 44.2 Å². The van der Waals surface area contributed by atoms with Crippen molar-refractivity contribution in [2.45, 2.75) is 19.9 Å². The zero-order chi connectivity index (χ0) is 18.0. The fourth-order valence-electron chi connectivity index (χ4n) is 3.26. The van der Waals surface area contributed by atoms with Crippen molar-refractivity contribution < 1.29 is 9.53 Å². The minimum Gasteiger partial charge on any atom is -0.497 e. The number of methoxy groups -OCH3 is 1. The van der Waals surface area contributed by atoms with Crippen molar-refractivity contribution >= 4 is 11.6 Å². The maximum atomic E-state index is 12.8. The van der Waals surface area contributed by atoms with E-state index in [1.165, 1.54) is 6.07 Å². The number of nitrogens with zero attached hydrogens (tertiary/aromatic N) is 2. The van der Waals surface area contributed by atoms with Crippen LogP contribution in [0.3, 0.4) is 0 Å². The first kappa shape index (κ1) is 17.1. The minimum absolute atomic E-state index is 0.0583. The number of aromatic amines is 1. The summed E-state index contributed by atoms with van der Waals surface area (Å²) in [6.45, 7) is 5.94. The van der Waals surface area contributed by atoms with Gasteiger partial charge in [-0.25, -0.2) is 0 Å². The average Bonchev–Trinajstić information content (AvgIpc) is 2.60. The molecular weight excluding hydrogens is 318 g/mol. The molecule has 1 amide bonds. The molecule has 6 nitrogen and oxygen atoms in total. The highest BCUT2D eigenvalue weighted by atomic mass is 16.5. The molecule has 1 N–H and O–H groups in total. The van der Waals surface area contributed by atoms with Gasteiger partial charge in [-0.3, -0.25) is 9.59 Å². The number of hydrogen-bond donors (Lipinski definition) is 1. The maximum Gasteiger partial charge on any atom is 0.254 e. The number of piperazine rings is 1. The van der Waals surface area contributed by atoms with Crippen LogP contribution >= 0.6 is 0 Å². The predicted octanol–water partition coefficient (Wildman–Crippen LogP) is 2.04. The summed E-state index contributed by atoms with van der Waals surface area (Å²) in [4.78, 5) is 31.2. The van der Waals surface area contributed by atoms with Crippen LogP contribution in [0.25, 0.3) is 0 Å². The highest BCUT2D eigenvalue weighted by Gasteiger charge is 2.28. The SMILES string of the molecule is COc1ccc(N2CCN(C(=O)c3cc(C)[nH]c(=O)c3)[C@H](C)C2)cc1. The van der Waals surface area contributed by atoms with E-state index in [4.69, 9.17) is 4.74 Å². The maximum absolute atomic E-state index is 12.8. The molecule has 1 aromatic heterocycles. The van der Waals surface area contributed by atoms with Gasteiger partial charge in [-0.1, -0.05) is 0 Å². The Morgan fingerprint density at radius 2 is 1.92 bits per heavy atom. The average molecular weight is 341 g/mol. The van der Waals surface area contributed by atoms with Crippen LogP contribution in [0, 0.1) is 6.92 Å². The van der Waals surface area contributed by atoms with Crippen molar-refractivity contribution in [3.05, 3.63) is 58.0 Å². The van der Waals surface area contributed by atoms with Gasteiger partial charge in [0.1, 0.15) is 5.75 Å². The molecule has 1 aromatic carbocycles. The molecule has 2 heterocycles. The second-order valence-corrected chi connectivity index (χ2v) is 6.41. The summed E-state index contributed by atoms with van der Waals surface area (Å²) >= 11 is 0. The van der Waals surface area contributed by atoms with Gasteiger partial charge in [-0.15, -0.1) is 0 Å². The lowest BCUT2D eigenvalue weighted by Gasteiger charge is -2.41. The van der Waals surface area contributed by atoms with Gasteiger partial charge < -0.3 is 19.5 Å². The van der Waals surface area contributed by atoms with Crippen molar-refractivity contribution in [1.82, 2.24) is 9.88 Å². The quantitative estimate of drug-likeness (QED) is 0.928. The molecule has 1 atom stereocenters. The summed E-state index contributed by atoms with van der Waals surface area (Å²) in [6.07, 6.45) is 0. The van der Waals surface area contributed by atoms with Crippen molar-refractivity contribution in [3.8, 4) is 5.75 Å². The molecule has 2 aromatic rings. The molecule has 0 aliphatic carbocycles. The van der Waals surface area contributed by atoms with Crippen molar-refractivity contribution in [2.75, 3.05) is 31.6 Å². The van der Waals surface area contributed by atoms with Crippen LogP contribution in [-0.2, 0) is 0 Å². The Hall–Kier alpha value is -2.76. The van der Waals surface area contributed by atoms with Gasteiger partial charge >= 0.3 is 0 Å². The number of hydrogen-bond acceptors (Lipinski definition) is 4. The molecule has 0 spiro atoms. The summed E-state index contributed by atoms with van der Waals surface area (Å²) in [5.74, 6) is 0.742. The van der Waals surface area contributed by atoms with Crippen LogP contribution in [-0.4, -0.2) is 48.6 Å². The van der Waals surface area contributed by atoms with Gasteiger partial charge in [-0.2, -0.15) is 0 Å². The van der Waals surface area contributed by atoms with Crippen LogP contribution in [0.15, 0.2) is 41.2 Å². The third-order valence-corrected chi connectivity index (χ3v) is 4.55. The molecule has 1 aliphatic heterocycles. The summed E-state index contributed by atoms with van der Waals surface area (Å²) in [5, 5.41) is 0. The van der Waals surface area contributed by atoms with E-state index in [-0.39, 0.29) is 17.5 Å². The number of benzene rings is 1. The van der Waals surface area contributed by atoms with Gasteiger partial charge in [0.2, 0.25) is 5.56 Å². The number of rotatable bonds is 3. The molecule has 132 valence electrons. The Labute approximate surface area is 147 Å². The number of nitrogens with one attached hydrogen (secondary N) is 1. The first-order chi connectivity index (χ1) is 12.0. The van der Waals surface area contributed by atoms with Crippen LogP contribution in [0.4, 0.5) is 5.69 Å². The van der Waals surface area contributed by atoms with Crippen molar-refractivity contribution in [1.29, 1.82) is 0 Å². The smallest absolute Gasteiger partial charge is 0.254 e. The number of aryl methyl sites for hydroxylation is 1. The van der Waals surface area contributed by atoms with Gasteiger partial charge in [0.15, 0.2) is 0 Å². The Morgan fingerprint density at radius 1 is 1.20 bits per heavy atom. The summed E-state index contributed by atoms with van der Waals surface area (Å²) in [6, 6.07) is 11.1. The number of anilines is 1. The van der Waals surface area contributed by atoms with E-state index >= 15 is 0 Å². The number of carbonyl (C=O) groups excluding carboxylic acids is 1. The lowest BCUT2D eigenvalue weighted by molar-refractivity contribution is 0.0674. The van der Waals surface area contributed by atoms with E-state index in [1.807, 2.05) is 36.1 Å². The lowest BCUT2D eigenvalue weighted by Crippen LogP contribution is -2.54. The Kier molecular flexibility index (Phi) is 4.79. The van der Waals surface area contributed by atoms with E-state index in [9.17, 15) is 9.59 Å². The third kappa shape index (κ3) is 3.68. The second-order valence-electron chi connectivity index (χ2n) is 6.41. The van der Waals surface area contributed by atoms with Gasteiger partial charge in [0.05, 0.1) is 7.11 Å². The second kappa shape index (κ2) is 7.01. The van der Waals surface area contributed by atoms with E-state index in [0.717, 1.165) is 24.5 Å². The first-order valence-corrected chi connectivity index (χ1v) is 8.39. The van der Waals surface area contributed by atoms with E-state index < -0.39 is 0 Å². The zero-order valence-corrected chi connectivity index (χ0v) is 14.8. The van der Waals surface area contributed by atoms with E-state index in [1.54, 1.807) is 20.1 Å². The van der Waals surface area contributed by atoms with E-state index in [2.05, 4.69) is 9.88 Å². The fourth-order valence-corrected chi connectivity index (χ4v) is 3.26. The number of amides is 1. The van der Waals surface area contributed by atoms with Crippen LogP contribution in [0.2, 0.25) is 0 Å². The van der Waals surface area contributed by atoms with Crippen molar-refractivity contribution in [2.24, 2.45) is 0 Å². The van der Waals surface area contributed by atoms with Gasteiger partial charge in [0.25, 0.3) is 5.91 Å². The molecule has 0 bridgehead atoms. The number of H-pyrrole nitrogens is 1. The number of ether oxygens (including phenoxy) is 1. The zero-order valence-electron chi connectivity index (χ0n) is 14.8. The number of pyridine rings is 1. The summed E-state index contributed by atoms with van der Waals surface area (Å²) < 4.78 is 5.19. The fraction of sp³-hybridized carbons (Fsp3) is 0.368. The summed E-state index contributed by atoms with van der Waals surface area (Å²) in [5.41, 5.74) is 2.02. The monoisotopic (exact) mass is 341 g/mol. The number of carbonyl (C=O) groups is 1. The largest absolute Gasteiger partial charge is 0.497 e. The molecular formula is C19H23N3O3. The van der Waals surface area contributed by atoms with E-state index in [0.29, 0.717) is 17.8 Å². The standard InChI is InChI=1S/C19H23N3O3/c1-13-10-15(11-18(23)20-13)19(24)22-9-8-21(12-14(22)2)16-4-6-17(25-3)7-5-16/h4-7,10-11,14H,8-9,12H2,1-3H3,(H,20,23)/t14-/m1/s1. The Bertz CT molecular complexity index is 813. The molecule has 6 heteroatoms. The first-order valence-electron chi connectivity index (χ1n) is 8.39. The molecule has 1 saturated heterocycles. The molecule has 0 saturated carbocycles. The predicted molar refractivity (Wildman–Crippen MR) is 97.5 cm³/mol. The molecule has 0 unspecified atom stereocenters. The van der Waals surface area contributed by atoms with Crippen LogP contribution < -0.4 is 15.2 Å². The topological polar surface area (TPSA) is 65.6 Å². The lowest BCUT2D eigenvalue weighted by atomic mass is 10.1. The highest BCUT2D eigenvalue weighted by Crippen LogP contribution is 2.23. The van der Waals surface area contributed by atoms with Gasteiger partial charge in [0, 0.05) is 48.7 Å². The molecule has 3 rings (SSSR count).